The Hall–Kier alpha value is -1.98. The summed E-state index contributed by atoms with van der Waals surface area (Å²) < 4.78 is 41.6. The van der Waals surface area contributed by atoms with Crippen LogP contribution >= 0.6 is 0 Å². The van der Waals surface area contributed by atoms with Crippen molar-refractivity contribution in [2.45, 2.75) is 6.18 Å². The summed E-state index contributed by atoms with van der Waals surface area (Å²) in [5, 5.41) is 8.27. The molecule has 1 aromatic rings. The lowest BCUT2D eigenvalue weighted by Crippen LogP contribution is -2.04. The molecule has 6 heteroatoms. The van der Waals surface area contributed by atoms with Gasteiger partial charge in [-0.2, -0.15) is 13.2 Å². The van der Waals surface area contributed by atoms with Gasteiger partial charge in [0, 0.05) is 6.08 Å². The number of aliphatic carboxylic acids is 1. The number of carbonyl (C=O) groups is 1. The fraction of sp³-hybridized carbons (Fsp3) is 0.182. The molecule has 3 nitrogen and oxygen atoms in total. The lowest BCUT2D eigenvalue weighted by Gasteiger charge is -2.07. The van der Waals surface area contributed by atoms with Crippen molar-refractivity contribution in [1.29, 1.82) is 0 Å². The summed E-state index contributed by atoms with van der Waals surface area (Å²) in [7, 11) is 0. The van der Waals surface area contributed by atoms with Crippen molar-refractivity contribution in [3.05, 3.63) is 42.0 Å². The molecule has 0 spiro atoms. The highest BCUT2D eigenvalue weighted by Crippen LogP contribution is 2.30. The second kappa shape index (κ2) is 5.38. The molecule has 0 heterocycles. The zero-order chi connectivity index (χ0) is 12.9. The van der Waals surface area contributed by atoms with E-state index in [1.807, 2.05) is 0 Å². The van der Waals surface area contributed by atoms with Gasteiger partial charge in [0.25, 0.3) is 0 Å². The number of hydrogen-bond donors (Lipinski definition) is 1. The van der Waals surface area contributed by atoms with Gasteiger partial charge in [-0.15, -0.1) is 0 Å². The maximum atomic E-state index is 12.2. The van der Waals surface area contributed by atoms with E-state index in [0.717, 1.165) is 18.2 Å². The van der Waals surface area contributed by atoms with E-state index in [1.165, 1.54) is 18.2 Å². The molecule has 1 rings (SSSR count). The maximum absolute atomic E-state index is 12.2. The van der Waals surface area contributed by atoms with Crippen LogP contribution in [-0.2, 0) is 11.0 Å². The minimum atomic E-state index is -4.37. The molecule has 0 amide bonds. The lowest BCUT2D eigenvalue weighted by atomic mass is 10.2. The van der Waals surface area contributed by atoms with Gasteiger partial charge in [-0.25, -0.2) is 4.79 Å². The van der Waals surface area contributed by atoms with E-state index in [1.54, 1.807) is 0 Å². The van der Waals surface area contributed by atoms with Crippen molar-refractivity contribution in [2.24, 2.45) is 0 Å². The third-order valence-electron chi connectivity index (χ3n) is 1.79. The quantitative estimate of drug-likeness (QED) is 0.831. The zero-order valence-corrected chi connectivity index (χ0v) is 8.57. The highest BCUT2D eigenvalue weighted by molar-refractivity contribution is 5.79. The second-order valence-electron chi connectivity index (χ2n) is 3.07. The van der Waals surface area contributed by atoms with Crippen LogP contribution in [-0.4, -0.2) is 17.7 Å². The Morgan fingerprint density at radius 1 is 1.29 bits per heavy atom. The molecule has 0 radical (unpaired) electrons. The molecule has 0 saturated carbocycles. The Labute approximate surface area is 95.1 Å². The zero-order valence-electron chi connectivity index (χ0n) is 8.57. The number of rotatable bonds is 4. The summed E-state index contributed by atoms with van der Waals surface area (Å²) in [6.45, 7) is -0.0162. The van der Waals surface area contributed by atoms with Crippen LogP contribution in [0.15, 0.2) is 36.4 Å². The number of carboxylic acids is 1. The minimum absolute atomic E-state index is 0.0162. The highest BCUT2D eigenvalue weighted by atomic mass is 19.4. The van der Waals surface area contributed by atoms with Crippen LogP contribution in [0.2, 0.25) is 0 Å². The molecule has 0 saturated heterocycles. The standard InChI is InChI=1S/C11H9F3O3/c12-11(13,14)8-3-5-9(6-4-8)17-7-1-2-10(15)16/h1-6H,7H2,(H,15,16)/b2-1+. The third-order valence-corrected chi connectivity index (χ3v) is 1.79. The smallest absolute Gasteiger partial charge is 0.416 e. The Kier molecular flexibility index (Phi) is 4.14. The molecule has 0 aromatic heterocycles. The van der Waals surface area contributed by atoms with Gasteiger partial charge >= 0.3 is 12.1 Å². The third kappa shape index (κ3) is 4.58. The first-order chi connectivity index (χ1) is 7.89. The van der Waals surface area contributed by atoms with E-state index in [9.17, 15) is 18.0 Å². The SMILES string of the molecule is O=C(O)/C=C/COc1ccc(C(F)(F)F)cc1. The van der Waals surface area contributed by atoms with Gasteiger partial charge in [-0.1, -0.05) is 0 Å². The monoisotopic (exact) mass is 246 g/mol. The van der Waals surface area contributed by atoms with Crippen LogP contribution in [0, 0.1) is 0 Å². The average molecular weight is 246 g/mol. The van der Waals surface area contributed by atoms with Gasteiger partial charge in [-0.3, -0.25) is 0 Å². The van der Waals surface area contributed by atoms with Gasteiger partial charge in [0.15, 0.2) is 0 Å². The van der Waals surface area contributed by atoms with Gasteiger partial charge in [-0.05, 0) is 30.3 Å². The van der Waals surface area contributed by atoms with Crippen molar-refractivity contribution < 1.29 is 27.8 Å². The van der Waals surface area contributed by atoms with E-state index in [0.29, 0.717) is 0 Å². The van der Waals surface area contributed by atoms with Gasteiger partial charge in [0.05, 0.1) is 5.56 Å². The molecule has 0 unspecified atom stereocenters. The first kappa shape index (κ1) is 13.1. The molecule has 0 aliphatic carbocycles. The van der Waals surface area contributed by atoms with Crippen LogP contribution in [0.3, 0.4) is 0 Å². The number of ether oxygens (including phenoxy) is 1. The number of benzene rings is 1. The largest absolute Gasteiger partial charge is 0.490 e. The molecule has 0 aliphatic rings. The molecular formula is C11H9F3O3. The fourth-order valence-corrected chi connectivity index (χ4v) is 1.03. The van der Waals surface area contributed by atoms with Crippen LogP contribution < -0.4 is 4.74 Å². The number of carboxylic acid groups (broad SMARTS) is 1. The summed E-state index contributed by atoms with van der Waals surface area (Å²) in [4.78, 5) is 10.1. The van der Waals surface area contributed by atoms with Gasteiger partial charge < -0.3 is 9.84 Å². The van der Waals surface area contributed by atoms with Gasteiger partial charge in [0.1, 0.15) is 12.4 Å². The molecule has 0 aliphatic heterocycles. The topological polar surface area (TPSA) is 46.5 Å². The number of hydrogen-bond acceptors (Lipinski definition) is 2. The first-order valence-electron chi connectivity index (χ1n) is 4.59. The van der Waals surface area contributed by atoms with Crippen molar-refractivity contribution in [3.8, 4) is 5.75 Å². The van der Waals surface area contributed by atoms with Crippen molar-refractivity contribution in [2.75, 3.05) is 6.61 Å². The van der Waals surface area contributed by atoms with Crippen LogP contribution in [0.4, 0.5) is 13.2 Å². The van der Waals surface area contributed by atoms with Crippen LogP contribution in [0.25, 0.3) is 0 Å². The number of halogens is 3. The highest BCUT2D eigenvalue weighted by Gasteiger charge is 2.29. The predicted molar refractivity (Wildman–Crippen MR) is 53.7 cm³/mol. The second-order valence-corrected chi connectivity index (χ2v) is 3.07. The van der Waals surface area contributed by atoms with E-state index in [2.05, 4.69) is 0 Å². The first-order valence-corrected chi connectivity index (χ1v) is 4.59. The van der Waals surface area contributed by atoms with E-state index >= 15 is 0 Å². The summed E-state index contributed by atoms with van der Waals surface area (Å²) in [6.07, 6.45) is -2.23. The summed E-state index contributed by atoms with van der Waals surface area (Å²) in [6, 6.07) is 4.15. The molecule has 0 atom stereocenters. The van der Waals surface area contributed by atoms with Gasteiger partial charge in [0.2, 0.25) is 0 Å². The average Bonchev–Trinajstić information content (AvgIpc) is 2.23. The summed E-state index contributed by atoms with van der Waals surface area (Å²) in [5.41, 5.74) is -0.758. The molecule has 92 valence electrons. The minimum Gasteiger partial charge on any atom is -0.490 e. The summed E-state index contributed by atoms with van der Waals surface area (Å²) >= 11 is 0. The van der Waals surface area contributed by atoms with Crippen LogP contribution in [0.1, 0.15) is 5.56 Å². The normalized spacial score (nSPS) is 11.7. The van der Waals surface area contributed by atoms with Crippen LogP contribution in [0.5, 0.6) is 5.75 Å². The molecule has 1 aromatic carbocycles. The number of alkyl halides is 3. The van der Waals surface area contributed by atoms with E-state index in [-0.39, 0.29) is 12.4 Å². The predicted octanol–water partition coefficient (Wildman–Crippen LogP) is 2.73. The fourth-order valence-electron chi connectivity index (χ4n) is 1.03. The Balaban J connectivity index is 2.55. The van der Waals surface area contributed by atoms with Crippen molar-refractivity contribution in [3.63, 3.8) is 0 Å². The maximum Gasteiger partial charge on any atom is 0.416 e. The van der Waals surface area contributed by atoms with E-state index < -0.39 is 17.7 Å². The molecule has 0 fully saturated rings. The van der Waals surface area contributed by atoms with Crippen molar-refractivity contribution in [1.82, 2.24) is 0 Å². The molecule has 1 N–H and O–H groups in total. The molecule has 0 bridgehead atoms. The lowest BCUT2D eigenvalue weighted by molar-refractivity contribution is -0.137. The Bertz CT molecular complexity index is 407. The summed E-state index contributed by atoms with van der Waals surface area (Å²) in [5.74, 6) is -0.867. The Morgan fingerprint density at radius 3 is 2.35 bits per heavy atom. The molecular weight excluding hydrogens is 237 g/mol. The van der Waals surface area contributed by atoms with E-state index in [4.69, 9.17) is 9.84 Å². The molecule has 17 heavy (non-hydrogen) atoms. The Morgan fingerprint density at radius 2 is 1.88 bits per heavy atom. The van der Waals surface area contributed by atoms with Crippen molar-refractivity contribution >= 4 is 5.97 Å².